The molecule has 1 aliphatic heterocycles. The standard InChI is InChI=1S/C10H15N5O3/c1-10(3-2-4-18-6-10)14-8-7(15(16)17)5-12-9(11)13-8/h5H,2-4,6H2,1H3,(H3,11,12,13,14). The molecule has 1 unspecified atom stereocenters. The van der Waals surface area contributed by atoms with E-state index < -0.39 is 4.92 Å². The van der Waals surface area contributed by atoms with E-state index in [1.54, 1.807) is 0 Å². The maximum atomic E-state index is 10.9. The third-order valence-corrected chi connectivity index (χ3v) is 2.84. The molecule has 3 N–H and O–H groups in total. The first kappa shape index (κ1) is 12.5. The number of nitrogens with zero attached hydrogens (tertiary/aromatic N) is 3. The number of anilines is 2. The maximum Gasteiger partial charge on any atom is 0.329 e. The van der Waals surface area contributed by atoms with Gasteiger partial charge in [0.15, 0.2) is 0 Å². The fraction of sp³-hybridized carbons (Fsp3) is 0.600. The second-order valence-electron chi connectivity index (χ2n) is 4.56. The van der Waals surface area contributed by atoms with Crippen molar-refractivity contribution >= 4 is 17.5 Å². The molecule has 1 fully saturated rings. The predicted octanol–water partition coefficient (Wildman–Crippen LogP) is 0.948. The Kier molecular flexibility index (Phi) is 3.28. The van der Waals surface area contributed by atoms with E-state index in [9.17, 15) is 10.1 Å². The fourth-order valence-corrected chi connectivity index (χ4v) is 1.93. The summed E-state index contributed by atoms with van der Waals surface area (Å²) in [5.41, 5.74) is 4.90. The average molecular weight is 253 g/mol. The monoisotopic (exact) mass is 253 g/mol. The quantitative estimate of drug-likeness (QED) is 0.608. The van der Waals surface area contributed by atoms with Crippen LogP contribution in [-0.4, -0.2) is 33.6 Å². The molecule has 0 radical (unpaired) electrons. The molecule has 2 rings (SSSR count). The van der Waals surface area contributed by atoms with Gasteiger partial charge in [-0.15, -0.1) is 0 Å². The summed E-state index contributed by atoms with van der Waals surface area (Å²) in [7, 11) is 0. The van der Waals surface area contributed by atoms with E-state index in [-0.39, 0.29) is 23.0 Å². The Labute approximate surface area is 104 Å². The first-order chi connectivity index (χ1) is 8.50. The number of rotatable bonds is 3. The molecule has 0 bridgehead atoms. The van der Waals surface area contributed by atoms with Crippen LogP contribution in [0.15, 0.2) is 6.20 Å². The van der Waals surface area contributed by atoms with Gasteiger partial charge in [0.25, 0.3) is 0 Å². The summed E-state index contributed by atoms with van der Waals surface area (Å²) in [5, 5.41) is 13.9. The molecular weight excluding hydrogens is 238 g/mol. The molecule has 2 heterocycles. The summed E-state index contributed by atoms with van der Waals surface area (Å²) in [4.78, 5) is 17.9. The minimum Gasteiger partial charge on any atom is -0.379 e. The molecule has 8 nitrogen and oxygen atoms in total. The number of ether oxygens (including phenoxy) is 1. The van der Waals surface area contributed by atoms with Crippen LogP contribution in [-0.2, 0) is 4.74 Å². The van der Waals surface area contributed by atoms with Crippen molar-refractivity contribution < 1.29 is 9.66 Å². The Bertz CT molecular complexity index is 459. The van der Waals surface area contributed by atoms with Crippen LogP contribution in [0.1, 0.15) is 19.8 Å². The fourth-order valence-electron chi connectivity index (χ4n) is 1.93. The van der Waals surface area contributed by atoms with Gasteiger partial charge in [0, 0.05) is 6.61 Å². The van der Waals surface area contributed by atoms with E-state index in [1.165, 1.54) is 0 Å². The molecule has 1 aromatic rings. The van der Waals surface area contributed by atoms with Crippen molar-refractivity contribution in [3.8, 4) is 0 Å². The van der Waals surface area contributed by atoms with E-state index in [4.69, 9.17) is 10.5 Å². The van der Waals surface area contributed by atoms with E-state index in [2.05, 4.69) is 15.3 Å². The van der Waals surface area contributed by atoms with Crippen molar-refractivity contribution in [2.45, 2.75) is 25.3 Å². The molecule has 98 valence electrons. The van der Waals surface area contributed by atoms with Crippen LogP contribution in [0.2, 0.25) is 0 Å². The van der Waals surface area contributed by atoms with Gasteiger partial charge in [0.1, 0.15) is 6.20 Å². The number of hydrogen-bond donors (Lipinski definition) is 2. The van der Waals surface area contributed by atoms with Gasteiger partial charge in [-0.3, -0.25) is 10.1 Å². The van der Waals surface area contributed by atoms with E-state index in [0.717, 1.165) is 19.0 Å². The third kappa shape index (κ3) is 2.65. The number of nitrogens with two attached hydrogens (primary N) is 1. The number of nitrogens with one attached hydrogen (secondary N) is 1. The van der Waals surface area contributed by atoms with E-state index >= 15 is 0 Å². The molecule has 1 aromatic heterocycles. The Balaban J connectivity index is 2.26. The van der Waals surface area contributed by atoms with Crippen LogP contribution in [0.5, 0.6) is 0 Å². The molecule has 1 aliphatic rings. The minimum atomic E-state index is -0.533. The lowest BCUT2D eigenvalue weighted by Crippen LogP contribution is -2.43. The lowest BCUT2D eigenvalue weighted by atomic mass is 9.95. The number of nitrogen functional groups attached to an aromatic ring is 1. The molecule has 0 aromatic carbocycles. The molecule has 1 saturated heterocycles. The van der Waals surface area contributed by atoms with E-state index in [1.807, 2.05) is 6.92 Å². The van der Waals surface area contributed by atoms with Crippen molar-refractivity contribution in [3.63, 3.8) is 0 Å². The van der Waals surface area contributed by atoms with Gasteiger partial charge in [-0.2, -0.15) is 4.98 Å². The normalized spacial score (nSPS) is 23.6. The number of nitro groups is 1. The van der Waals surface area contributed by atoms with Crippen LogP contribution in [0, 0.1) is 10.1 Å². The first-order valence-electron chi connectivity index (χ1n) is 5.63. The molecule has 0 saturated carbocycles. The Morgan fingerprint density at radius 3 is 3.06 bits per heavy atom. The van der Waals surface area contributed by atoms with Gasteiger partial charge in [0.05, 0.1) is 17.1 Å². The molecule has 0 aliphatic carbocycles. The smallest absolute Gasteiger partial charge is 0.329 e. The van der Waals surface area contributed by atoms with Crippen LogP contribution >= 0.6 is 0 Å². The Morgan fingerprint density at radius 1 is 1.67 bits per heavy atom. The molecular formula is C10H15N5O3. The maximum absolute atomic E-state index is 10.9. The molecule has 18 heavy (non-hydrogen) atoms. The van der Waals surface area contributed by atoms with Crippen molar-refractivity contribution in [2.24, 2.45) is 0 Å². The lowest BCUT2D eigenvalue weighted by molar-refractivity contribution is -0.384. The highest BCUT2D eigenvalue weighted by Crippen LogP contribution is 2.28. The SMILES string of the molecule is CC1(Nc2nc(N)ncc2[N+](=O)[O-])CCCOC1. The van der Waals surface area contributed by atoms with Crippen molar-refractivity contribution in [3.05, 3.63) is 16.3 Å². The zero-order valence-corrected chi connectivity index (χ0v) is 10.0. The summed E-state index contributed by atoms with van der Waals surface area (Å²) >= 11 is 0. The lowest BCUT2D eigenvalue weighted by Gasteiger charge is -2.34. The van der Waals surface area contributed by atoms with Gasteiger partial charge in [-0.25, -0.2) is 4.98 Å². The van der Waals surface area contributed by atoms with Crippen LogP contribution in [0.3, 0.4) is 0 Å². The van der Waals surface area contributed by atoms with Gasteiger partial charge >= 0.3 is 5.69 Å². The van der Waals surface area contributed by atoms with E-state index in [0.29, 0.717) is 13.2 Å². The predicted molar refractivity (Wildman–Crippen MR) is 65.2 cm³/mol. The van der Waals surface area contributed by atoms with Gasteiger partial charge in [-0.05, 0) is 19.8 Å². The zero-order valence-electron chi connectivity index (χ0n) is 10.0. The summed E-state index contributed by atoms with van der Waals surface area (Å²) in [6.45, 7) is 3.13. The first-order valence-corrected chi connectivity index (χ1v) is 5.63. The topological polar surface area (TPSA) is 116 Å². The third-order valence-electron chi connectivity index (χ3n) is 2.84. The summed E-state index contributed by atoms with van der Waals surface area (Å²) < 4.78 is 5.38. The molecule has 0 spiro atoms. The largest absolute Gasteiger partial charge is 0.379 e. The van der Waals surface area contributed by atoms with Crippen LogP contribution in [0.4, 0.5) is 17.5 Å². The second-order valence-corrected chi connectivity index (χ2v) is 4.56. The van der Waals surface area contributed by atoms with Gasteiger partial charge in [-0.1, -0.05) is 0 Å². The zero-order chi connectivity index (χ0) is 13.2. The summed E-state index contributed by atoms with van der Waals surface area (Å²) in [6, 6.07) is 0. The van der Waals surface area contributed by atoms with Crippen LogP contribution in [0.25, 0.3) is 0 Å². The van der Waals surface area contributed by atoms with Crippen LogP contribution < -0.4 is 11.1 Å². The molecule has 8 heteroatoms. The minimum absolute atomic E-state index is 0.00317. The molecule has 1 atom stereocenters. The van der Waals surface area contributed by atoms with Crippen molar-refractivity contribution in [2.75, 3.05) is 24.3 Å². The number of hydrogen-bond acceptors (Lipinski definition) is 7. The highest BCUT2D eigenvalue weighted by Gasteiger charge is 2.30. The number of aromatic nitrogens is 2. The van der Waals surface area contributed by atoms with Crippen molar-refractivity contribution in [1.82, 2.24) is 9.97 Å². The summed E-state index contributed by atoms with van der Waals surface area (Å²) in [5.74, 6) is 0.143. The summed E-state index contributed by atoms with van der Waals surface area (Å²) in [6.07, 6.45) is 2.86. The second kappa shape index (κ2) is 4.73. The highest BCUT2D eigenvalue weighted by atomic mass is 16.6. The Hall–Kier alpha value is -1.96. The Morgan fingerprint density at radius 2 is 2.44 bits per heavy atom. The van der Waals surface area contributed by atoms with Gasteiger partial charge in [0.2, 0.25) is 11.8 Å². The molecule has 0 amide bonds. The average Bonchev–Trinajstić information content (AvgIpc) is 2.28. The van der Waals surface area contributed by atoms with Gasteiger partial charge < -0.3 is 15.8 Å². The highest BCUT2D eigenvalue weighted by molar-refractivity contribution is 5.57. The van der Waals surface area contributed by atoms with Crippen molar-refractivity contribution in [1.29, 1.82) is 0 Å².